The molecular weight excluding hydrogens is 395 g/mol. The van der Waals surface area contributed by atoms with E-state index in [1.807, 2.05) is 0 Å². The predicted octanol–water partition coefficient (Wildman–Crippen LogP) is 2.25. The molecule has 0 saturated carbocycles. The number of nitrogens with one attached hydrogen (secondary N) is 1. The lowest BCUT2D eigenvalue weighted by molar-refractivity contribution is -0.119. The highest BCUT2D eigenvalue weighted by Crippen LogP contribution is 2.24. The molecule has 1 N–H and O–H groups in total. The number of benzene rings is 2. The lowest BCUT2D eigenvalue weighted by Crippen LogP contribution is -2.31. The van der Waals surface area contributed by atoms with Crippen LogP contribution in [0.25, 0.3) is 0 Å². The van der Waals surface area contributed by atoms with Crippen LogP contribution in [0, 0.1) is 5.82 Å². The van der Waals surface area contributed by atoms with Crippen LogP contribution in [0.2, 0.25) is 0 Å². The van der Waals surface area contributed by atoms with E-state index in [-0.39, 0.29) is 28.9 Å². The van der Waals surface area contributed by atoms with E-state index in [0.29, 0.717) is 13.0 Å². The Balaban J connectivity index is 1.61. The first-order valence-corrected chi connectivity index (χ1v) is 9.12. The van der Waals surface area contributed by atoms with Crippen molar-refractivity contribution in [3.8, 4) is 0 Å². The number of hydrogen-bond acceptors (Lipinski definition) is 6. The molecule has 8 nitrogen and oxygen atoms in total. The van der Waals surface area contributed by atoms with E-state index in [4.69, 9.17) is 9.47 Å². The summed E-state index contributed by atoms with van der Waals surface area (Å²) in [6.45, 7) is 0.0192. The number of nitrogens with zero attached hydrogens (tertiary/aromatic N) is 1. The van der Waals surface area contributed by atoms with Gasteiger partial charge in [0.25, 0.3) is 17.7 Å². The Morgan fingerprint density at radius 3 is 2.57 bits per heavy atom. The number of halogens is 1. The van der Waals surface area contributed by atoms with Crippen molar-refractivity contribution >= 4 is 29.4 Å². The Bertz CT molecular complexity index is 1010. The van der Waals surface area contributed by atoms with Gasteiger partial charge in [0.2, 0.25) is 0 Å². The van der Waals surface area contributed by atoms with Crippen molar-refractivity contribution in [1.29, 1.82) is 0 Å². The van der Waals surface area contributed by atoms with E-state index in [9.17, 15) is 23.6 Å². The van der Waals surface area contributed by atoms with Gasteiger partial charge in [0.05, 0.1) is 16.7 Å². The van der Waals surface area contributed by atoms with Crippen LogP contribution in [-0.2, 0) is 14.3 Å². The second-order valence-corrected chi connectivity index (χ2v) is 6.50. The maximum atomic E-state index is 13.1. The van der Waals surface area contributed by atoms with Gasteiger partial charge in [-0.2, -0.15) is 0 Å². The van der Waals surface area contributed by atoms with Gasteiger partial charge in [0, 0.05) is 25.9 Å². The lowest BCUT2D eigenvalue weighted by atomic mass is 10.1. The Labute approximate surface area is 171 Å². The Hall–Kier alpha value is -3.59. The molecule has 3 rings (SSSR count). The molecule has 0 fully saturated rings. The summed E-state index contributed by atoms with van der Waals surface area (Å²) in [5.74, 6) is -2.92. The first-order valence-electron chi connectivity index (χ1n) is 9.12. The monoisotopic (exact) mass is 414 g/mol. The first-order chi connectivity index (χ1) is 14.4. The molecule has 1 aliphatic rings. The number of rotatable bonds is 8. The first kappa shape index (κ1) is 21.1. The number of anilines is 1. The van der Waals surface area contributed by atoms with Crippen molar-refractivity contribution in [3.05, 3.63) is 65.0 Å². The Morgan fingerprint density at radius 2 is 1.83 bits per heavy atom. The molecule has 30 heavy (non-hydrogen) atoms. The number of amides is 3. The largest absolute Gasteiger partial charge is 0.452 e. The minimum Gasteiger partial charge on any atom is -0.452 e. The summed E-state index contributed by atoms with van der Waals surface area (Å²) < 4.78 is 23.0. The zero-order valence-electron chi connectivity index (χ0n) is 16.1. The molecule has 0 aromatic heterocycles. The van der Waals surface area contributed by atoms with E-state index in [0.717, 1.165) is 11.0 Å². The van der Waals surface area contributed by atoms with E-state index in [1.165, 1.54) is 43.5 Å². The van der Waals surface area contributed by atoms with Crippen molar-refractivity contribution in [2.75, 3.05) is 32.2 Å². The fourth-order valence-electron chi connectivity index (χ4n) is 2.97. The van der Waals surface area contributed by atoms with Gasteiger partial charge >= 0.3 is 5.97 Å². The summed E-state index contributed by atoms with van der Waals surface area (Å²) in [6.07, 6.45) is 0.497. The molecule has 156 valence electrons. The number of carbonyl (C=O) groups excluding carboxylic acids is 4. The van der Waals surface area contributed by atoms with Crippen molar-refractivity contribution in [1.82, 2.24) is 4.90 Å². The third-order valence-corrected chi connectivity index (χ3v) is 4.38. The van der Waals surface area contributed by atoms with Crippen molar-refractivity contribution in [2.45, 2.75) is 6.42 Å². The van der Waals surface area contributed by atoms with Crippen LogP contribution in [-0.4, -0.2) is 55.5 Å². The fourth-order valence-corrected chi connectivity index (χ4v) is 2.97. The van der Waals surface area contributed by atoms with Gasteiger partial charge in [-0.15, -0.1) is 0 Å². The molecule has 1 aliphatic heterocycles. The van der Waals surface area contributed by atoms with Crippen LogP contribution in [0.5, 0.6) is 0 Å². The Kier molecular flexibility index (Phi) is 6.53. The van der Waals surface area contributed by atoms with Crippen molar-refractivity contribution < 1.29 is 33.0 Å². The maximum Gasteiger partial charge on any atom is 0.338 e. The number of imide groups is 1. The summed E-state index contributed by atoms with van der Waals surface area (Å²) in [7, 11) is 1.53. The number of esters is 1. The molecule has 0 atom stereocenters. The van der Waals surface area contributed by atoms with Gasteiger partial charge in [-0.3, -0.25) is 19.3 Å². The molecule has 0 spiro atoms. The highest BCUT2D eigenvalue weighted by Gasteiger charge is 2.35. The topological polar surface area (TPSA) is 102 Å². The summed E-state index contributed by atoms with van der Waals surface area (Å²) in [6, 6.07) is 9.29. The summed E-state index contributed by atoms with van der Waals surface area (Å²) in [5, 5.41) is 2.40. The normalized spacial score (nSPS) is 12.7. The molecular formula is C21H19FN2O6. The quantitative estimate of drug-likeness (QED) is 0.404. The molecule has 9 heteroatoms. The number of hydrogen-bond donors (Lipinski definition) is 1. The summed E-state index contributed by atoms with van der Waals surface area (Å²) >= 11 is 0. The molecule has 0 saturated heterocycles. The lowest BCUT2D eigenvalue weighted by Gasteiger charge is -2.12. The highest BCUT2D eigenvalue weighted by atomic mass is 19.1. The second-order valence-electron chi connectivity index (χ2n) is 6.50. The maximum absolute atomic E-state index is 13.1. The fraction of sp³-hybridized carbons (Fsp3) is 0.238. The van der Waals surface area contributed by atoms with Gasteiger partial charge in [-0.05, 0) is 42.8 Å². The van der Waals surface area contributed by atoms with Crippen LogP contribution in [0.4, 0.5) is 10.1 Å². The van der Waals surface area contributed by atoms with E-state index < -0.39 is 36.1 Å². The molecule has 1 heterocycles. The molecule has 0 aliphatic carbocycles. The third kappa shape index (κ3) is 4.69. The van der Waals surface area contributed by atoms with E-state index in [1.54, 1.807) is 0 Å². The van der Waals surface area contributed by atoms with E-state index >= 15 is 0 Å². The predicted molar refractivity (Wildman–Crippen MR) is 104 cm³/mol. The van der Waals surface area contributed by atoms with Gasteiger partial charge in [0.15, 0.2) is 6.61 Å². The zero-order valence-corrected chi connectivity index (χ0v) is 16.1. The van der Waals surface area contributed by atoms with E-state index in [2.05, 4.69) is 5.32 Å². The van der Waals surface area contributed by atoms with Crippen molar-refractivity contribution in [3.63, 3.8) is 0 Å². The Morgan fingerprint density at radius 1 is 1.07 bits per heavy atom. The summed E-state index contributed by atoms with van der Waals surface area (Å²) in [5.41, 5.74) is 0.576. The third-order valence-electron chi connectivity index (χ3n) is 4.38. The average molecular weight is 414 g/mol. The van der Waals surface area contributed by atoms with Gasteiger partial charge < -0.3 is 14.8 Å². The average Bonchev–Trinajstić information content (AvgIpc) is 2.96. The minimum atomic E-state index is -0.828. The standard InChI is InChI=1S/C21H19FN2O6/c1-29-9-3-8-24-19(26)16-7-6-13(10-17(16)20(24)27)21(28)30-12-18(25)23-15-5-2-4-14(22)11-15/h2,4-7,10-11H,3,8-9,12H2,1H3,(H,23,25). The molecule has 2 aromatic rings. The van der Waals surface area contributed by atoms with Gasteiger partial charge in [-0.25, -0.2) is 9.18 Å². The van der Waals surface area contributed by atoms with Crippen LogP contribution in [0.1, 0.15) is 37.5 Å². The van der Waals surface area contributed by atoms with Crippen LogP contribution >= 0.6 is 0 Å². The molecule has 0 radical (unpaired) electrons. The highest BCUT2D eigenvalue weighted by molar-refractivity contribution is 6.22. The van der Waals surface area contributed by atoms with Gasteiger partial charge in [-0.1, -0.05) is 6.07 Å². The number of ether oxygens (including phenoxy) is 2. The van der Waals surface area contributed by atoms with Crippen LogP contribution < -0.4 is 5.32 Å². The number of carbonyl (C=O) groups is 4. The second kappa shape index (κ2) is 9.27. The molecule has 0 unspecified atom stereocenters. The molecule has 0 bridgehead atoms. The van der Waals surface area contributed by atoms with Crippen molar-refractivity contribution in [2.24, 2.45) is 0 Å². The SMILES string of the molecule is COCCCN1C(=O)c2ccc(C(=O)OCC(=O)Nc3cccc(F)c3)cc2C1=O. The van der Waals surface area contributed by atoms with Crippen LogP contribution in [0.15, 0.2) is 42.5 Å². The molecule has 3 amide bonds. The smallest absolute Gasteiger partial charge is 0.338 e. The molecule has 2 aromatic carbocycles. The number of methoxy groups -OCH3 is 1. The zero-order chi connectivity index (χ0) is 21.7. The van der Waals surface area contributed by atoms with Gasteiger partial charge in [0.1, 0.15) is 5.82 Å². The summed E-state index contributed by atoms with van der Waals surface area (Å²) in [4.78, 5) is 50.1. The number of fused-ring (bicyclic) bond motifs is 1. The minimum absolute atomic E-state index is 0.0344. The van der Waals surface area contributed by atoms with Crippen LogP contribution in [0.3, 0.4) is 0 Å².